The van der Waals surface area contributed by atoms with Crippen molar-refractivity contribution in [2.75, 3.05) is 25.1 Å². The molecule has 0 saturated carbocycles. The van der Waals surface area contributed by atoms with E-state index in [2.05, 4.69) is 5.32 Å². The van der Waals surface area contributed by atoms with Gasteiger partial charge in [0.25, 0.3) is 0 Å². The molecular formula is C20H23FN2O3. The van der Waals surface area contributed by atoms with Crippen molar-refractivity contribution in [1.82, 2.24) is 5.32 Å². The minimum Gasteiger partial charge on any atom is -0.497 e. The first kappa shape index (κ1) is 19.4. The SMILES string of the molecule is COc1cccc(N(CCC(=O)NCCc2ccc(F)cc2)C(C)=O)c1. The van der Waals surface area contributed by atoms with Crippen LogP contribution in [0.2, 0.25) is 0 Å². The highest BCUT2D eigenvalue weighted by molar-refractivity contribution is 5.92. The number of carbonyl (C=O) groups excluding carboxylic acids is 2. The molecule has 0 unspecified atom stereocenters. The van der Waals surface area contributed by atoms with Crippen molar-refractivity contribution in [2.24, 2.45) is 0 Å². The molecule has 6 heteroatoms. The number of hydrogen-bond donors (Lipinski definition) is 1. The zero-order valence-corrected chi connectivity index (χ0v) is 15.0. The lowest BCUT2D eigenvalue weighted by Gasteiger charge is -2.21. The van der Waals surface area contributed by atoms with Crippen LogP contribution in [0.15, 0.2) is 48.5 Å². The second-order valence-corrected chi connectivity index (χ2v) is 5.85. The number of anilines is 1. The van der Waals surface area contributed by atoms with Crippen molar-refractivity contribution in [3.05, 3.63) is 59.9 Å². The zero-order valence-electron chi connectivity index (χ0n) is 15.0. The Balaban J connectivity index is 1.83. The summed E-state index contributed by atoms with van der Waals surface area (Å²) in [4.78, 5) is 25.5. The smallest absolute Gasteiger partial charge is 0.223 e. The summed E-state index contributed by atoms with van der Waals surface area (Å²) in [6.07, 6.45) is 0.818. The number of nitrogens with one attached hydrogen (secondary N) is 1. The molecule has 0 saturated heterocycles. The van der Waals surface area contributed by atoms with Gasteiger partial charge in [-0.05, 0) is 36.2 Å². The topological polar surface area (TPSA) is 58.6 Å². The summed E-state index contributed by atoms with van der Waals surface area (Å²) in [6, 6.07) is 13.3. The van der Waals surface area contributed by atoms with Crippen LogP contribution in [0.25, 0.3) is 0 Å². The van der Waals surface area contributed by atoms with Crippen molar-refractivity contribution in [2.45, 2.75) is 19.8 Å². The Bertz CT molecular complexity index is 747. The first-order chi connectivity index (χ1) is 12.5. The summed E-state index contributed by atoms with van der Waals surface area (Å²) in [7, 11) is 1.56. The molecule has 0 aromatic heterocycles. The van der Waals surface area contributed by atoms with Gasteiger partial charge < -0.3 is 15.0 Å². The summed E-state index contributed by atoms with van der Waals surface area (Å²) >= 11 is 0. The number of methoxy groups -OCH3 is 1. The molecule has 2 aromatic carbocycles. The molecule has 0 spiro atoms. The maximum Gasteiger partial charge on any atom is 0.223 e. The van der Waals surface area contributed by atoms with Crippen molar-refractivity contribution < 1.29 is 18.7 Å². The van der Waals surface area contributed by atoms with Crippen LogP contribution in [0.5, 0.6) is 5.75 Å². The Kier molecular flexibility index (Phi) is 7.14. The third kappa shape index (κ3) is 5.88. The number of carbonyl (C=O) groups is 2. The first-order valence-corrected chi connectivity index (χ1v) is 8.43. The van der Waals surface area contributed by atoms with Gasteiger partial charge in [0.2, 0.25) is 11.8 Å². The van der Waals surface area contributed by atoms with Crippen LogP contribution in [0.4, 0.5) is 10.1 Å². The number of halogens is 1. The van der Waals surface area contributed by atoms with Gasteiger partial charge in [0.15, 0.2) is 0 Å². The van der Waals surface area contributed by atoms with E-state index < -0.39 is 0 Å². The van der Waals surface area contributed by atoms with Crippen molar-refractivity contribution in [3.63, 3.8) is 0 Å². The Hall–Kier alpha value is -2.89. The molecule has 1 N–H and O–H groups in total. The van der Waals surface area contributed by atoms with Gasteiger partial charge in [0.05, 0.1) is 7.11 Å². The standard InChI is InChI=1S/C20H23FN2O3/c1-15(24)23(18-4-3-5-19(14-18)26-2)13-11-20(25)22-12-10-16-6-8-17(21)9-7-16/h3-9,14H,10-13H2,1-2H3,(H,22,25). The molecule has 0 aliphatic heterocycles. The summed E-state index contributed by atoms with van der Waals surface area (Å²) in [6.45, 7) is 2.21. The van der Waals surface area contributed by atoms with Gasteiger partial charge >= 0.3 is 0 Å². The Labute approximate surface area is 152 Å². The monoisotopic (exact) mass is 358 g/mol. The average molecular weight is 358 g/mol. The Morgan fingerprint density at radius 2 is 1.88 bits per heavy atom. The highest BCUT2D eigenvalue weighted by atomic mass is 19.1. The van der Waals surface area contributed by atoms with Gasteiger partial charge in [-0.2, -0.15) is 0 Å². The van der Waals surface area contributed by atoms with E-state index in [4.69, 9.17) is 4.74 Å². The molecule has 2 rings (SSSR count). The molecule has 0 aliphatic rings. The molecule has 0 fully saturated rings. The van der Waals surface area contributed by atoms with Gasteiger partial charge in [0.1, 0.15) is 11.6 Å². The molecule has 2 amide bonds. The minimum atomic E-state index is -0.278. The maximum atomic E-state index is 12.9. The second kappa shape index (κ2) is 9.56. The molecular weight excluding hydrogens is 335 g/mol. The van der Waals surface area contributed by atoms with Crippen LogP contribution in [-0.2, 0) is 16.0 Å². The largest absolute Gasteiger partial charge is 0.497 e. The van der Waals surface area contributed by atoms with Crippen LogP contribution in [0, 0.1) is 5.82 Å². The molecule has 0 radical (unpaired) electrons. The maximum absolute atomic E-state index is 12.9. The normalized spacial score (nSPS) is 10.3. The number of hydrogen-bond acceptors (Lipinski definition) is 3. The van der Waals surface area contributed by atoms with Crippen LogP contribution in [0.3, 0.4) is 0 Å². The molecule has 26 heavy (non-hydrogen) atoms. The lowest BCUT2D eigenvalue weighted by atomic mass is 10.1. The molecule has 138 valence electrons. The van der Waals surface area contributed by atoms with E-state index in [1.54, 1.807) is 48.4 Å². The van der Waals surface area contributed by atoms with E-state index in [0.717, 1.165) is 5.56 Å². The molecule has 0 atom stereocenters. The van der Waals surface area contributed by atoms with Gasteiger partial charge in [-0.3, -0.25) is 9.59 Å². The number of rotatable bonds is 8. The molecule has 0 aliphatic carbocycles. The van der Waals surface area contributed by atoms with E-state index in [9.17, 15) is 14.0 Å². The van der Waals surface area contributed by atoms with Gasteiger partial charge in [-0.25, -0.2) is 4.39 Å². The van der Waals surface area contributed by atoms with Crippen LogP contribution < -0.4 is 15.0 Å². The van der Waals surface area contributed by atoms with E-state index in [0.29, 0.717) is 24.4 Å². The summed E-state index contributed by atoms with van der Waals surface area (Å²) in [5.41, 5.74) is 1.64. The quantitative estimate of drug-likeness (QED) is 0.789. The number of nitrogens with zero attached hydrogens (tertiary/aromatic N) is 1. The zero-order chi connectivity index (χ0) is 18.9. The summed E-state index contributed by atoms with van der Waals surface area (Å²) in [5.74, 6) is 0.0933. The summed E-state index contributed by atoms with van der Waals surface area (Å²) in [5, 5.41) is 2.82. The van der Waals surface area contributed by atoms with Gasteiger partial charge in [-0.1, -0.05) is 18.2 Å². The fourth-order valence-corrected chi connectivity index (χ4v) is 2.55. The van der Waals surface area contributed by atoms with E-state index in [-0.39, 0.29) is 30.6 Å². The minimum absolute atomic E-state index is 0.138. The predicted molar refractivity (Wildman–Crippen MR) is 98.8 cm³/mol. The lowest BCUT2D eigenvalue weighted by Crippen LogP contribution is -2.34. The Morgan fingerprint density at radius 3 is 2.54 bits per heavy atom. The predicted octanol–water partition coefficient (Wildman–Crippen LogP) is 2.94. The highest BCUT2D eigenvalue weighted by Gasteiger charge is 2.14. The number of ether oxygens (including phenoxy) is 1. The van der Waals surface area contributed by atoms with Crippen LogP contribution in [-0.4, -0.2) is 32.0 Å². The molecule has 0 bridgehead atoms. The second-order valence-electron chi connectivity index (χ2n) is 5.85. The number of amides is 2. The van der Waals surface area contributed by atoms with Crippen LogP contribution >= 0.6 is 0 Å². The van der Waals surface area contributed by atoms with E-state index in [1.807, 2.05) is 0 Å². The fraction of sp³-hybridized carbons (Fsp3) is 0.300. The molecule has 5 nitrogen and oxygen atoms in total. The first-order valence-electron chi connectivity index (χ1n) is 8.43. The van der Waals surface area contributed by atoms with Crippen molar-refractivity contribution in [1.29, 1.82) is 0 Å². The Morgan fingerprint density at radius 1 is 1.15 bits per heavy atom. The van der Waals surface area contributed by atoms with Crippen LogP contribution in [0.1, 0.15) is 18.9 Å². The van der Waals surface area contributed by atoms with E-state index in [1.165, 1.54) is 19.1 Å². The molecule has 2 aromatic rings. The molecule has 0 heterocycles. The lowest BCUT2D eigenvalue weighted by molar-refractivity contribution is -0.121. The summed E-state index contributed by atoms with van der Waals surface area (Å²) < 4.78 is 18.0. The third-order valence-corrected chi connectivity index (χ3v) is 3.96. The number of benzene rings is 2. The average Bonchev–Trinajstić information content (AvgIpc) is 2.63. The van der Waals surface area contributed by atoms with Crippen molar-refractivity contribution in [3.8, 4) is 5.75 Å². The van der Waals surface area contributed by atoms with Gasteiger partial charge in [0, 0.05) is 38.2 Å². The third-order valence-electron chi connectivity index (χ3n) is 3.96. The van der Waals surface area contributed by atoms with Gasteiger partial charge in [-0.15, -0.1) is 0 Å². The fourth-order valence-electron chi connectivity index (χ4n) is 2.55. The van der Waals surface area contributed by atoms with E-state index >= 15 is 0 Å². The highest BCUT2D eigenvalue weighted by Crippen LogP contribution is 2.21. The van der Waals surface area contributed by atoms with Crippen molar-refractivity contribution >= 4 is 17.5 Å².